The van der Waals surface area contributed by atoms with Crippen LogP contribution in [0.4, 0.5) is 5.69 Å². The van der Waals surface area contributed by atoms with Gasteiger partial charge in [-0.05, 0) is 11.6 Å². The first-order valence-electron chi connectivity index (χ1n) is 7.27. The molecule has 0 unspecified atom stereocenters. The average molecular weight is 363 g/mol. The highest BCUT2D eigenvalue weighted by Gasteiger charge is 2.19. The fourth-order valence-electron chi connectivity index (χ4n) is 2.04. The number of benzene rings is 2. The van der Waals surface area contributed by atoms with Gasteiger partial charge in [-0.1, -0.05) is 41.9 Å². The SMILES string of the molecule is CN(Cc1ccccc1)C(=O)COC(=O)c1cc([N+](=O)[O-])ccc1Cl. The zero-order valence-electron chi connectivity index (χ0n) is 13.3. The monoisotopic (exact) mass is 362 g/mol. The molecule has 25 heavy (non-hydrogen) atoms. The summed E-state index contributed by atoms with van der Waals surface area (Å²) in [6.07, 6.45) is 0. The zero-order chi connectivity index (χ0) is 18.4. The number of esters is 1. The number of non-ortho nitro benzene ring substituents is 1. The molecule has 0 heterocycles. The molecule has 0 fully saturated rings. The van der Waals surface area contributed by atoms with Gasteiger partial charge in [-0.15, -0.1) is 0 Å². The van der Waals surface area contributed by atoms with Crippen molar-refractivity contribution in [3.05, 3.63) is 74.8 Å². The normalized spacial score (nSPS) is 10.2. The van der Waals surface area contributed by atoms with E-state index < -0.39 is 23.4 Å². The minimum atomic E-state index is -0.893. The molecule has 0 radical (unpaired) electrons. The van der Waals surface area contributed by atoms with Gasteiger partial charge in [-0.25, -0.2) is 4.79 Å². The van der Waals surface area contributed by atoms with Gasteiger partial charge >= 0.3 is 5.97 Å². The molecule has 8 heteroatoms. The standard InChI is InChI=1S/C17H15ClN2O5/c1-19(10-12-5-3-2-4-6-12)16(21)11-25-17(22)14-9-13(20(23)24)7-8-15(14)18/h2-9H,10-11H2,1H3. The van der Waals surface area contributed by atoms with Crippen molar-refractivity contribution in [2.45, 2.75) is 6.54 Å². The number of likely N-dealkylation sites (N-methyl/N-ethyl adjacent to an activating group) is 1. The predicted octanol–water partition coefficient (Wildman–Crippen LogP) is 3.06. The number of rotatable bonds is 6. The Hall–Kier alpha value is -2.93. The van der Waals surface area contributed by atoms with Crippen LogP contribution in [0.1, 0.15) is 15.9 Å². The molecule has 0 saturated carbocycles. The molecule has 0 N–H and O–H groups in total. The Morgan fingerprint density at radius 1 is 1.20 bits per heavy atom. The van der Waals surface area contributed by atoms with Crippen LogP contribution in [0.5, 0.6) is 0 Å². The Labute approximate surface area is 148 Å². The van der Waals surface area contributed by atoms with Crippen molar-refractivity contribution in [2.24, 2.45) is 0 Å². The molecule has 130 valence electrons. The molecular weight excluding hydrogens is 348 g/mol. The van der Waals surface area contributed by atoms with Crippen molar-refractivity contribution < 1.29 is 19.2 Å². The minimum Gasteiger partial charge on any atom is -0.452 e. The Morgan fingerprint density at radius 3 is 2.52 bits per heavy atom. The molecule has 2 aromatic carbocycles. The Bertz CT molecular complexity index is 795. The summed E-state index contributed by atoms with van der Waals surface area (Å²) in [5.74, 6) is -1.30. The van der Waals surface area contributed by atoms with Crippen LogP contribution in [-0.2, 0) is 16.1 Å². The molecule has 0 spiro atoms. The molecule has 0 aromatic heterocycles. The van der Waals surface area contributed by atoms with Gasteiger partial charge in [0, 0.05) is 25.7 Å². The highest BCUT2D eigenvalue weighted by atomic mass is 35.5. The van der Waals surface area contributed by atoms with Gasteiger partial charge in [0.2, 0.25) is 0 Å². The number of halogens is 1. The largest absolute Gasteiger partial charge is 0.452 e. The van der Waals surface area contributed by atoms with E-state index in [-0.39, 0.29) is 16.3 Å². The van der Waals surface area contributed by atoms with Gasteiger partial charge in [0.1, 0.15) is 0 Å². The third-order valence-corrected chi connectivity index (χ3v) is 3.73. The van der Waals surface area contributed by atoms with Crippen LogP contribution in [0.15, 0.2) is 48.5 Å². The number of nitro benzene ring substituents is 1. The number of carbonyl (C=O) groups excluding carboxylic acids is 2. The van der Waals surface area contributed by atoms with E-state index in [0.29, 0.717) is 6.54 Å². The van der Waals surface area contributed by atoms with Crippen LogP contribution in [0.3, 0.4) is 0 Å². The average Bonchev–Trinajstić information content (AvgIpc) is 2.60. The molecule has 1 amide bonds. The maximum Gasteiger partial charge on any atom is 0.340 e. The van der Waals surface area contributed by atoms with E-state index in [0.717, 1.165) is 11.6 Å². The number of hydrogen-bond acceptors (Lipinski definition) is 5. The van der Waals surface area contributed by atoms with Gasteiger partial charge in [0.15, 0.2) is 6.61 Å². The van der Waals surface area contributed by atoms with Crippen molar-refractivity contribution in [3.63, 3.8) is 0 Å². The highest BCUT2D eigenvalue weighted by Crippen LogP contribution is 2.22. The van der Waals surface area contributed by atoms with Gasteiger partial charge in [0.25, 0.3) is 11.6 Å². The topological polar surface area (TPSA) is 89.8 Å². The summed E-state index contributed by atoms with van der Waals surface area (Å²) < 4.78 is 4.93. The molecule has 7 nitrogen and oxygen atoms in total. The lowest BCUT2D eigenvalue weighted by atomic mass is 10.2. The van der Waals surface area contributed by atoms with Crippen LogP contribution < -0.4 is 0 Å². The Balaban J connectivity index is 1.96. The molecule has 0 bridgehead atoms. The van der Waals surface area contributed by atoms with E-state index >= 15 is 0 Å². The number of ether oxygens (including phenoxy) is 1. The first-order chi connectivity index (χ1) is 11.9. The summed E-state index contributed by atoms with van der Waals surface area (Å²) in [6.45, 7) is -0.115. The quantitative estimate of drug-likeness (QED) is 0.447. The van der Waals surface area contributed by atoms with Gasteiger partial charge in [0.05, 0.1) is 15.5 Å². The zero-order valence-corrected chi connectivity index (χ0v) is 14.1. The Morgan fingerprint density at radius 2 is 1.88 bits per heavy atom. The van der Waals surface area contributed by atoms with Gasteiger partial charge < -0.3 is 9.64 Å². The Kier molecular flexibility index (Phi) is 6.08. The smallest absolute Gasteiger partial charge is 0.340 e. The van der Waals surface area contributed by atoms with E-state index in [2.05, 4.69) is 0 Å². The van der Waals surface area contributed by atoms with Crippen LogP contribution in [0.2, 0.25) is 5.02 Å². The number of hydrogen-bond donors (Lipinski definition) is 0. The van der Waals surface area contributed by atoms with Gasteiger partial charge in [-0.3, -0.25) is 14.9 Å². The highest BCUT2D eigenvalue weighted by molar-refractivity contribution is 6.33. The number of nitro groups is 1. The number of nitrogens with zero attached hydrogens (tertiary/aromatic N) is 2. The van der Waals surface area contributed by atoms with Crippen molar-refractivity contribution in [1.82, 2.24) is 4.90 Å². The second kappa shape index (κ2) is 8.25. The fraction of sp³-hybridized carbons (Fsp3) is 0.176. The molecule has 2 rings (SSSR count). The van der Waals surface area contributed by atoms with E-state index in [4.69, 9.17) is 16.3 Å². The predicted molar refractivity (Wildman–Crippen MR) is 91.3 cm³/mol. The molecule has 0 aliphatic heterocycles. The van der Waals surface area contributed by atoms with Crippen molar-refractivity contribution >= 4 is 29.2 Å². The summed E-state index contributed by atoms with van der Waals surface area (Å²) in [5.41, 5.74) is 0.490. The van der Waals surface area contributed by atoms with E-state index in [1.165, 1.54) is 17.0 Å². The lowest BCUT2D eigenvalue weighted by Gasteiger charge is -2.17. The summed E-state index contributed by atoms with van der Waals surface area (Å²) in [6, 6.07) is 12.8. The summed E-state index contributed by atoms with van der Waals surface area (Å²) in [4.78, 5) is 35.6. The maximum atomic E-state index is 12.1. The molecule has 0 aliphatic rings. The van der Waals surface area contributed by atoms with Crippen molar-refractivity contribution in [1.29, 1.82) is 0 Å². The van der Waals surface area contributed by atoms with Crippen LogP contribution in [0.25, 0.3) is 0 Å². The number of amides is 1. The van der Waals surface area contributed by atoms with Crippen LogP contribution in [0, 0.1) is 10.1 Å². The van der Waals surface area contributed by atoms with E-state index in [1.807, 2.05) is 30.3 Å². The lowest BCUT2D eigenvalue weighted by Crippen LogP contribution is -2.30. The second-order valence-corrected chi connectivity index (χ2v) is 5.64. The summed E-state index contributed by atoms with van der Waals surface area (Å²) in [7, 11) is 1.59. The summed E-state index contributed by atoms with van der Waals surface area (Å²) in [5, 5.41) is 10.8. The van der Waals surface area contributed by atoms with Crippen LogP contribution >= 0.6 is 11.6 Å². The molecule has 0 aliphatic carbocycles. The molecule has 2 aromatic rings. The second-order valence-electron chi connectivity index (χ2n) is 5.23. The third-order valence-electron chi connectivity index (χ3n) is 3.40. The number of carbonyl (C=O) groups is 2. The minimum absolute atomic E-state index is 0.0145. The molecule has 0 atom stereocenters. The van der Waals surface area contributed by atoms with Gasteiger partial charge in [-0.2, -0.15) is 0 Å². The van der Waals surface area contributed by atoms with E-state index in [1.54, 1.807) is 7.05 Å². The molecular formula is C17H15ClN2O5. The summed E-state index contributed by atoms with van der Waals surface area (Å²) >= 11 is 5.86. The van der Waals surface area contributed by atoms with Crippen molar-refractivity contribution in [3.8, 4) is 0 Å². The first kappa shape index (κ1) is 18.4. The van der Waals surface area contributed by atoms with Crippen molar-refractivity contribution in [2.75, 3.05) is 13.7 Å². The maximum absolute atomic E-state index is 12.1. The first-order valence-corrected chi connectivity index (χ1v) is 7.65. The lowest BCUT2D eigenvalue weighted by molar-refractivity contribution is -0.384. The fourth-order valence-corrected chi connectivity index (χ4v) is 2.24. The third kappa shape index (κ3) is 5.02. The van der Waals surface area contributed by atoms with Crippen LogP contribution in [-0.4, -0.2) is 35.4 Å². The van der Waals surface area contributed by atoms with E-state index in [9.17, 15) is 19.7 Å². The molecule has 0 saturated heterocycles.